The molecule has 0 unspecified atom stereocenters. The molecule has 5 rings (SSSR count). The molecule has 1 aromatic carbocycles. The smallest absolute Gasteiger partial charge is 0.323 e. The Kier molecular flexibility index (Phi) is 10.4. The van der Waals surface area contributed by atoms with Crippen molar-refractivity contribution in [3.8, 4) is 11.6 Å². The number of likely N-dealkylation sites (tertiary alicyclic amines) is 1. The number of piperidine rings is 1. The highest BCUT2D eigenvalue weighted by Crippen LogP contribution is 2.30. The number of benzene rings is 1. The standard InChI is InChI=1S/C32H46N6O5S/c1-22(2)30(33)31(39)43-25-13-17-37(18-14-25)24-10-8-23(9-11-24)35-32-34-16-12-29(36-32)38-19-15-26-27(38)6-4-7-28(26)42-20-5-21-44(3,40)41/h4,6-7,12,15-16,19,22-25,30H,5,8-11,13-14,17-18,20-21,33H2,1-3H3,(H,34,35,36)/t23?,24?,30-/m0/s1. The monoisotopic (exact) mass is 626 g/mol. The lowest BCUT2D eigenvalue weighted by Crippen LogP contribution is -2.47. The van der Waals surface area contributed by atoms with Crippen molar-refractivity contribution in [3.63, 3.8) is 0 Å². The first kappa shape index (κ1) is 32.2. The van der Waals surface area contributed by atoms with Crippen LogP contribution in [0.4, 0.5) is 5.95 Å². The fourth-order valence-corrected chi connectivity index (χ4v) is 6.81. The van der Waals surface area contributed by atoms with E-state index in [-0.39, 0.29) is 23.7 Å². The normalized spacial score (nSPS) is 20.9. The Labute approximate surface area is 260 Å². The van der Waals surface area contributed by atoms with E-state index in [0.717, 1.165) is 74.1 Å². The number of rotatable bonds is 12. The van der Waals surface area contributed by atoms with E-state index >= 15 is 0 Å². The Balaban J connectivity index is 1.12. The van der Waals surface area contributed by atoms with Crippen LogP contribution in [-0.4, -0.2) is 89.8 Å². The average Bonchev–Trinajstić information content (AvgIpc) is 3.44. The van der Waals surface area contributed by atoms with E-state index in [1.54, 1.807) is 6.20 Å². The highest BCUT2D eigenvalue weighted by atomic mass is 32.2. The zero-order valence-electron chi connectivity index (χ0n) is 26.0. The number of esters is 1. The third kappa shape index (κ3) is 8.28. The number of carbonyl (C=O) groups excluding carboxylic acids is 1. The number of anilines is 1. The summed E-state index contributed by atoms with van der Waals surface area (Å²) < 4.78 is 36.5. The zero-order chi connectivity index (χ0) is 31.3. The van der Waals surface area contributed by atoms with E-state index in [4.69, 9.17) is 20.2 Å². The first-order valence-corrected chi connectivity index (χ1v) is 17.8. The van der Waals surface area contributed by atoms with Crippen LogP contribution in [-0.2, 0) is 19.4 Å². The SMILES string of the molecule is CC(C)[C@H](N)C(=O)OC1CCN(C2CCC(Nc3nccc(-n4ccc5c(OCCCS(C)(=O)=O)cccc54)n3)CC2)CC1. The molecular weight excluding hydrogens is 580 g/mol. The number of sulfone groups is 1. The molecule has 2 fully saturated rings. The largest absolute Gasteiger partial charge is 0.493 e. The number of nitrogens with one attached hydrogen (secondary N) is 1. The number of carbonyl (C=O) groups is 1. The van der Waals surface area contributed by atoms with Crippen molar-refractivity contribution < 1.29 is 22.7 Å². The number of ether oxygens (including phenoxy) is 2. The van der Waals surface area contributed by atoms with Gasteiger partial charge in [0.2, 0.25) is 5.95 Å². The van der Waals surface area contributed by atoms with Gasteiger partial charge < -0.3 is 30.0 Å². The van der Waals surface area contributed by atoms with Crippen LogP contribution in [0, 0.1) is 5.92 Å². The lowest BCUT2D eigenvalue weighted by Gasteiger charge is -2.40. The van der Waals surface area contributed by atoms with Crippen LogP contribution >= 0.6 is 0 Å². The van der Waals surface area contributed by atoms with Crippen LogP contribution in [0.2, 0.25) is 0 Å². The molecule has 2 aliphatic rings. The van der Waals surface area contributed by atoms with Crippen molar-refractivity contribution in [2.75, 3.05) is 37.0 Å². The summed E-state index contributed by atoms with van der Waals surface area (Å²) in [5.41, 5.74) is 6.91. The Morgan fingerprint density at radius 1 is 1.09 bits per heavy atom. The maximum absolute atomic E-state index is 12.3. The van der Waals surface area contributed by atoms with Gasteiger partial charge in [-0.2, -0.15) is 4.98 Å². The van der Waals surface area contributed by atoms with E-state index in [1.807, 2.05) is 54.9 Å². The summed E-state index contributed by atoms with van der Waals surface area (Å²) >= 11 is 0. The molecule has 1 saturated carbocycles. The number of nitrogens with two attached hydrogens (primary N) is 1. The van der Waals surface area contributed by atoms with Gasteiger partial charge in [0, 0.05) is 49.2 Å². The molecule has 0 spiro atoms. The third-order valence-electron chi connectivity index (χ3n) is 8.79. The molecule has 11 nitrogen and oxygen atoms in total. The molecule has 44 heavy (non-hydrogen) atoms. The maximum Gasteiger partial charge on any atom is 0.323 e. The lowest BCUT2D eigenvalue weighted by atomic mass is 9.89. The molecule has 3 N–H and O–H groups in total. The average molecular weight is 627 g/mol. The van der Waals surface area contributed by atoms with E-state index in [1.165, 1.54) is 6.26 Å². The summed E-state index contributed by atoms with van der Waals surface area (Å²) in [6.45, 7) is 6.10. The van der Waals surface area contributed by atoms with Crippen LogP contribution in [0.3, 0.4) is 0 Å². The van der Waals surface area contributed by atoms with Gasteiger partial charge in [-0.05, 0) is 75.1 Å². The van der Waals surface area contributed by atoms with E-state index in [0.29, 0.717) is 31.1 Å². The predicted octanol–water partition coefficient (Wildman–Crippen LogP) is 3.95. The summed E-state index contributed by atoms with van der Waals surface area (Å²) in [7, 11) is -3.01. The highest BCUT2D eigenvalue weighted by molar-refractivity contribution is 7.90. The molecule has 12 heteroatoms. The van der Waals surface area contributed by atoms with E-state index < -0.39 is 15.9 Å². The third-order valence-corrected chi connectivity index (χ3v) is 9.82. The summed E-state index contributed by atoms with van der Waals surface area (Å²) in [6.07, 6.45) is 11.4. The number of hydrogen-bond acceptors (Lipinski definition) is 10. The molecule has 3 heterocycles. The molecule has 2 aromatic heterocycles. The van der Waals surface area contributed by atoms with Crippen LogP contribution in [0.5, 0.6) is 5.75 Å². The zero-order valence-corrected chi connectivity index (χ0v) is 26.8. The van der Waals surface area contributed by atoms with Crippen LogP contribution in [0.25, 0.3) is 16.7 Å². The maximum atomic E-state index is 12.3. The minimum Gasteiger partial charge on any atom is -0.493 e. The second-order valence-corrected chi connectivity index (χ2v) is 14.8. The van der Waals surface area contributed by atoms with Crippen molar-refractivity contribution in [2.45, 2.75) is 83.0 Å². The second-order valence-electron chi connectivity index (χ2n) is 12.5. The fourth-order valence-electron chi connectivity index (χ4n) is 6.16. The van der Waals surface area contributed by atoms with E-state index in [9.17, 15) is 13.2 Å². The first-order chi connectivity index (χ1) is 21.1. The first-order valence-electron chi connectivity index (χ1n) is 15.8. The molecule has 0 radical (unpaired) electrons. The van der Waals surface area contributed by atoms with Crippen molar-refractivity contribution in [1.82, 2.24) is 19.4 Å². The molecule has 1 aliphatic heterocycles. The molecule has 3 aromatic rings. The number of nitrogens with zero attached hydrogens (tertiary/aromatic N) is 4. The Bertz CT molecular complexity index is 1510. The van der Waals surface area contributed by atoms with Gasteiger partial charge in [-0.3, -0.25) is 4.79 Å². The van der Waals surface area contributed by atoms with Gasteiger partial charge in [-0.25, -0.2) is 13.4 Å². The topological polar surface area (TPSA) is 142 Å². The minimum atomic E-state index is -3.01. The minimum absolute atomic E-state index is 0.0329. The van der Waals surface area contributed by atoms with Gasteiger partial charge in [-0.1, -0.05) is 19.9 Å². The Morgan fingerprint density at radius 2 is 1.84 bits per heavy atom. The summed E-state index contributed by atoms with van der Waals surface area (Å²) in [5, 5.41) is 4.51. The van der Waals surface area contributed by atoms with Crippen molar-refractivity contribution in [3.05, 3.63) is 42.7 Å². The predicted molar refractivity (Wildman–Crippen MR) is 172 cm³/mol. The molecule has 0 bridgehead atoms. The summed E-state index contributed by atoms with van der Waals surface area (Å²) in [5.74, 6) is 2.00. The highest BCUT2D eigenvalue weighted by Gasteiger charge is 2.31. The van der Waals surface area contributed by atoms with Gasteiger partial charge in [0.1, 0.15) is 33.6 Å². The van der Waals surface area contributed by atoms with Gasteiger partial charge in [0.05, 0.1) is 17.9 Å². The number of aromatic nitrogens is 3. The van der Waals surface area contributed by atoms with Crippen molar-refractivity contribution in [2.24, 2.45) is 11.7 Å². The van der Waals surface area contributed by atoms with Crippen LogP contribution in [0.15, 0.2) is 42.7 Å². The molecule has 1 aliphatic carbocycles. The number of hydrogen-bond donors (Lipinski definition) is 2. The van der Waals surface area contributed by atoms with E-state index in [2.05, 4.69) is 15.2 Å². The van der Waals surface area contributed by atoms with Gasteiger partial charge in [0.15, 0.2) is 0 Å². The Hall–Kier alpha value is -3.22. The van der Waals surface area contributed by atoms with Crippen molar-refractivity contribution in [1.29, 1.82) is 0 Å². The van der Waals surface area contributed by atoms with Crippen LogP contribution in [0.1, 0.15) is 58.8 Å². The lowest BCUT2D eigenvalue weighted by molar-refractivity contribution is -0.154. The molecule has 0 amide bonds. The molecule has 1 saturated heterocycles. The summed E-state index contributed by atoms with van der Waals surface area (Å²) in [4.78, 5) is 24.1. The fraction of sp³-hybridized carbons (Fsp3) is 0.594. The number of fused-ring (bicyclic) bond motifs is 1. The molecule has 240 valence electrons. The second kappa shape index (κ2) is 14.3. The molecule has 1 atom stereocenters. The van der Waals surface area contributed by atoms with Crippen LogP contribution < -0.4 is 15.8 Å². The Morgan fingerprint density at radius 3 is 2.55 bits per heavy atom. The molecular formula is C32H46N6O5S. The summed E-state index contributed by atoms with van der Waals surface area (Å²) in [6, 6.07) is 10.0. The quantitative estimate of drug-likeness (QED) is 0.224. The van der Waals surface area contributed by atoms with Gasteiger partial charge >= 0.3 is 5.97 Å². The van der Waals surface area contributed by atoms with Gasteiger partial charge in [0.25, 0.3) is 0 Å². The van der Waals surface area contributed by atoms with Crippen molar-refractivity contribution >= 4 is 32.7 Å². The van der Waals surface area contributed by atoms with Gasteiger partial charge in [-0.15, -0.1) is 0 Å².